The van der Waals surface area contributed by atoms with Crippen molar-refractivity contribution in [3.8, 4) is 11.5 Å². The third-order valence-electron chi connectivity index (χ3n) is 4.88. The third-order valence-corrected chi connectivity index (χ3v) is 5.79. The standard InChI is InChI=1S/C22H18F2N4O5S/c1-32-16-10-12(6-7-15(16)33-21(23)24)11-17-20(30)28(22(31)34-17)9-8-25-19(29)18-13-4-2-3-5-14(13)26-27-18/h2-7,10-11,21H,8-9H2,1H3,(H,25,29)(H,26,27)/b17-11-. The molecule has 0 atom stereocenters. The number of carbonyl (C=O) groups excluding carboxylic acids is 3. The Bertz CT molecular complexity index is 1290. The van der Waals surface area contributed by atoms with Crippen molar-refractivity contribution in [1.29, 1.82) is 0 Å². The second-order valence-corrected chi connectivity index (χ2v) is 7.99. The Morgan fingerprint density at radius 1 is 1.24 bits per heavy atom. The highest BCUT2D eigenvalue weighted by atomic mass is 32.2. The predicted molar refractivity (Wildman–Crippen MR) is 121 cm³/mol. The highest BCUT2D eigenvalue weighted by Crippen LogP contribution is 2.34. The van der Waals surface area contributed by atoms with Crippen LogP contribution in [0.4, 0.5) is 13.6 Å². The van der Waals surface area contributed by atoms with Crippen LogP contribution in [0.2, 0.25) is 0 Å². The zero-order valence-corrected chi connectivity index (χ0v) is 18.5. The number of nitrogens with one attached hydrogen (secondary N) is 2. The summed E-state index contributed by atoms with van der Waals surface area (Å²) in [6.07, 6.45) is 1.45. The van der Waals surface area contributed by atoms with Gasteiger partial charge >= 0.3 is 6.61 Å². The van der Waals surface area contributed by atoms with E-state index in [1.54, 1.807) is 18.2 Å². The highest BCUT2D eigenvalue weighted by Gasteiger charge is 2.34. The molecule has 1 aliphatic heterocycles. The fourth-order valence-electron chi connectivity index (χ4n) is 3.31. The maximum Gasteiger partial charge on any atom is 0.387 e. The first-order valence-corrected chi connectivity index (χ1v) is 10.8. The van der Waals surface area contributed by atoms with E-state index >= 15 is 0 Å². The Kier molecular flexibility index (Phi) is 6.77. The van der Waals surface area contributed by atoms with E-state index in [0.29, 0.717) is 16.5 Å². The number of amides is 3. The quantitative estimate of drug-likeness (QED) is 0.466. The molecule has 3 aromatic rings. The van der Waals surface area contributed by atoms with Gasteiger partial charge in [-0.05, 0) is 41.6 Å². The van der Waals surface area contributed by atoms with Crippen LogP contribution in [0.1, 0.15) is 16.1 Å². The Balaban J connectivity index is 1.40. The number of hydrogen-bond acceptors (Lipinski definition) is 7. The van der Waals surface area contributed by atoms with Crippen molar-refractivity contribution < 1.29 is 32.6 Å². The fourth-order valence-corrected chi connectivity index (χ4v) is 4.18. The largest absolute Gasteiger partial charge is 0.493 e. The molecule has 0 aliphatic carbocycles. The van der Waals surface area contributed by atoms with Crippen molar-refractivity contribution in [3.05, 3.63) is 58.6 Å². The normalized spacial score (nSPS) is 14.9. The van der Waals surface area contributed by atoms with E-state index in [1.165, 1.54) is 31.4 Å². The molecule has 1 fully saturated rings. The summed E-state index contributed by atoms with van der Waals surface area (Å²) in [5, 5.41) is 9.62. The lowest BCUT2D eigenvalue weighted by molar-refractivity contribution is -0.122. The van der Waals surface area contributed by atoms with Crippen LogP contribution >= 0.6 is 11.8 Å². The molecule has 9 nitrogen and oxygen atoms in total. The van der Waals surface area contributed by atoms with E-state index in [0.717, 1.165) is 16.7 Å². The van der Waals surface area contributed by atoms with E-state index in [4.69, 9.17) is 4.74 Å². The van der Waals surface area contributed by atoms with E-state index in [2.05, 4.69) is 20.3 Å². The van der Waals surface area contributed by atoms with Crippen molar-refractivity contribution in [3.63, 3.8) is 0 Å². The zero-order valence-electron chi connectivity index (χ0n) is 17.7. The Labute approximate surface area is 196 Å². The number of aromatic nitrogens is 2. The molecular weight excluding hydrogens is 470 g/mol. The van der Waals surface area contributed by atoms with Gasteiger partial charge in [0.25, 0.3) is 17.1 Å². The lowest BCUT2D eigenvalue weighted by atomic mass is 10.2. The van der Waals surface area contributed by atoms with Crippen molar-refractivity contribution in [2.75, 3.05) is 20.2 Å². The van der Waals surface area contributed by atoms with Crippen LogP contribution in [0, 0.1) is 0 Å². The minimum absolute atomic E-state index is 0.0272. The van der Waals surface area contributed by atoms with Gasteiger partial charge in [-0.1, -0.05) is 24.3 Å². The Hall–Kier alpha value is -3.93. The number of alkyl halides is 2. The number of thioether (sulfide) groups is 1. The molecule has 2 N–H and O–H groups in total. The summed E-state index contributed by atoms with van der Waals surface area (Å²) in [5.74, 6) is -1.05. The molecule has 0 spiro atoms. The number of nitrogens with zero attached hydrogens (tertiary/aromatic N) is 2. The van der Waals surface area contributed by atoms with Crippen LogP contribution in [-0.2, 0) is 4.79 Å². The second-order valence-electron chi connectivity index (χ2n) is 7.00. The molecule has 176 valence electrons. The molecule has 0 radical (unpaired) electrons. The summed E-state index contributed by atoms with van der Waals surface area (Å²) in [6.45, 7) is -3.00. The molecule has 4 rings (SSSR count). The average molecular weight is 488 g/mol. The topological polar surface area (TPSA) is 114 Å². The number of methoxy groups -OCH3 is 1. The minimum Gasteiger partial charge on any atom is -0.493 e. The number of halogens is 2. The summed E-state index contributed by atoms with van der Waals surface area (Å²) in [5.41, 5.74) is 1.40. The van der Waals surface area contributed by atoms with Gasteiger partial charge in [0, 0.05) is 18.5 Å². The summed E-state index contributed by atoms with van der Waals surface area (Å²) in [6, 6.07) is 11.3. The van der Waals surface area contributed by atoms with Crippen molar-refractivity contribution >= 4 is 45.8 Å². The van der Waals surface area contributed by atoms with Gasteiger partial charge in [0.05, 0.1) is 17.5 Å². The molecule has 12 heteroatoms. The Morgan fingerprint density at radius 3 is 2.79 bits per heavy atom. The lowest BCUT2D eigenvalue weighted by Gasteiger charge is -2.12. The van der Waals surface area contributed by atoms with Crippen LogP contribution in [0.3, 0.4) is 0 Å². The van der Waals surface area contributed by atoms with Gasteiger partial charge in [0.1, 0.15) is 0 Å². The molecule has 2 aromatic carbocycles. The lowest BCUT2D eigenvalue weighted by Crippen LogP contribution is -2.37. The van der Waals surface area contributed by atoms with Crippen LogP contribution < -0.4 is 14.8 Å². The van der Waals surface area contributed by atoms with Crippen LogP contribution in [0.15, 0.2) is 47.4 Å². The van der Waals surface area contributed by atoms with Gasteiger partial charge in [0.15, 0.2) is 17.2 Å². The van der Waals surface area contributed by atoms with E-state index < -0.39 is 23.7 Å². The fraction of sp³-hybridized carbons (Fsp3) is 0.182. The van der Waals surface area contributed by atoms with Crippen LogP contribution in [-0.4, -0.2) is 59.0 Å². The molecule has 34 heavy (non-hydrogen) atoms. The zero-order chi connectivity index (χ0) is 24.2. The maximum atomic E-state index is 12.7. The van der Waals surface area contributed by atoms with Gasteiger partial charge in [-0.25, -0.2) is 0 Å². The molecule has 1 aromatic heterocycles. The number of hydrogen-bond donors (Lipinski definition) is 2. The summed E-state index contributed by atoms with van der Waals surface area (Å²) in [4.78, 5) is 38.6. The first-order valence-electron chi connectivity index (χ1n) is 9.97. The van der Waals surface area contributed by atoms with Gasteiger partial charge in [-0.15, -0.1) is 0 Å². The smallest absolute Gasteiger partial charge is 0.387 e. The monoisotopic (exact) mass is 488 g/mol. The number of imide groups is 1. The summed E-state index contributed by atoms with van der Waals surface area (Å²) < 4.78 is 34.4. The number of benzene rings is 2. The van der Waals surface area contributed by atoms with E-state index in [9.17, 15) is 23.2 Å². The summed E-state index contributed by atoms with van der Waals surface area (Å²) in [7, 11) is 1.30. The first-order chi connectivity index (χ1) is 16.4. The molecule has 0 bridgehead atoms. The van der Waals surface area contributed by atoms with Crippen LogP contribution in [0.25, 0.3) is 17.0 Å². The van der Waals surface area contributed by atoms with E-state index in [-0.39, 0.29) is 35.2 Å². The first kappa shape index (κ1) is 23.2. The number of H-pyrrole nitrogens is 1. The van der Waals surface area contributed by atoms with Gasteiger partial charge in [-0.3, -0.25) is 24.4 Å². The number of carbonyl (C=O) groups is 3. The molecular formula is C22H18F2N4O5S. The summed E-state index contributed by atoms with van der Waals surface area (Å²) >= 11 is 0.740. The van der Waals surface area contributed by atoms with Gasteiger partial charge in [-0.2, -0.15) is 13.9 Å². The van der Waals surface area contributed by atoms with Gasteiger partial charge < -0.3 is 14.8 Å². The predicted octanol–water partition coefficient (Wildman–Crippen LogP) is 3.64. The van der Waals surface area contributed by atoms with Crippen molar-refractivity contribution in [2.24, 2.45) is 0 Å². The molecule has 2 heterocycles. The maximum absolute atomic E-state index is 12.7. The second kappa shape index (κ2) is 9.91. The Morgan fingerprint density at radius 2 is 2.03 bits per heavy atom. The average Bonchev–Trinajstić information content (AvgIpc) is 3.36. The number of fused-ring (bicyclic) bond motifs is 1. The number of para-hydroxylation sites is 1. The SMILES string of the molecule is COc1cc(/C=C2\SC(=O)N(CCNC(=O)c3n[nH]c4ccccc34)C2=O)ccc1OC(F)F. The molecule has 1 aliphatic rings. The third kappa shape index (κ3) is 4.86. The number of aromatic amines is 1. The molecule has 1 saturated heterocycles. The number of rotatable bonds is 8. The molecule has 3 amide bonds. The number of ether oxygens (including phenoxy) is 2. The van der Waals surface area contributed by atoms with E-state index in [1.807, 2.05) is 6.07 Å². The highest BCUT2D eigenvalue weighted by molar-refractivity contribution is 8.18. The molecule has 0 saturated carbocycles. The minimum atomic E-state index is -3.01. The van der Waals surface area contributed by atoms with Gasteiger partial charge in [0.2, 0.25) is 0 Å². The molecule has 0 unspecified atom stereocenters. The van der Waals surface area contributed by atoms with Crippen molar-refractivity contribution in [1.82, 2.24) is 20.4 Å². The van der Waals surface area contributed by atoms with Crippen LogP contribution in [0.5, 0.6) is 11.5 Å². The van der Waals surface area contributed by atoms with Crippen molar-refractivity contribution in [2.45, 2.75) is 6.61 Å².